The lowest BCUT2D eigenvalue weighted by Crippen LogP contribution is -2.35. The Balaban J connectivity index is 3.03. The number of carbonyl (C=O) groups excluding carboxylic acids is 1. The number of alkyl carbamates (subject to hydrolysis) is 1. The van der Waals surface area contributed by atoms with Crippen molar-refractivity contribution in [2.45, 2.75) is 103 Å². The number of carbonyl (C=O) groups is 1. The molecule has 1 atom stereocenters. The molecule has 1 aromatic rings. The quantitative estimate of drug-likeness (QED) is 0.180. The van der Waals surface area contributed by atoms with E-state index in [9.17, 15) is 18.0 Å². The van der Waals surface area contributed by atoms with Gasteiger partial charge in [0.1, 0.15) is 18.1 Å². The number of halogens is 3. The zero-order chi connectivity index (χ0) is 27.2. The molecule has 1 aromatic carbocycles. The van der Waals surface area contributed by atoms with Gasteiger partial charge in [-0.25, -0.2) is 4.79 Å². The highest BCUT2D eigenvalue weighted by Gasteiger charge is 2.38. The van der Waals surface area contributed by atoms with Crippen molar-refractivity contribution in [1.82, 2.24) is 5.32 Å². The minimum Gasteiger partial charge on any atom is -0.493 e. The van der Waals surface area contributed by atoms with Gasteiger partial charge in [-0.1, -0.05) is 45.6 Å². The first-order valence-electron chi connectivity index (χ1n) is 12.8. The third kappa shape index (κ3) is 11.4. The summed E-state index contributed by atoms with van der Waals surface area (Å²) >= 11 is 0. The molecule has 208 valence electrons. The summed E-state index contributed by atoms with van der Waals surface area (Å²) < 4.78 is 63.7. The molecule has 0 saturated carbocycles. The van der Waals surface area contributed by atoms with Crippen LogP contribution in [-0.2, 0) is 26.0 Å². The predicted octanol–water partition coefficient (Wildman–Crippen LogP) is 7.59. The number of unbranched alkanes of at least 4 members (excludes halogenated alkanes) is 4. The zero-order valence-electron chi connectivity index (χ0n) is 22.7. The van der Waals surface area contributed by atoms with Crippen molar-refractivity contribution in [3.8, 4) is 5.75 Å². The summed E-state index contributed by atoms with van der Waals surface area (Å²) in [4.78, 5) is 11.9. The molecule has 1 unspecified atom stereocenters. The number of nitrogens with one attached hydrogen (secondary N) is 1. The topological polar surface area (TPSA) is 66.0 Å². The molecule has 0 radical (unpaired) electrons. The van der Waals surface area contributed by atoms with E-state index >= 15 is 0 Å². The first kappa shape index (κ1) is 32.0. The molecule has 0 aliphatic rings. The molecule has 0 bridgehead atoms. The van der Waals surface area contributed by atoms with Gasteiger partial charge >= 0.3 is 12.3 Å². The van der Waals surface area contributed by atoms with E-state index in [-0.39, 0.29) is 19.1 Å². The summed E-state index contributed by atoms with van der Waals surface area (Å²) in [6.07, 6.45) is 1.02. The Labute approximate surface area is 214 Å². The number of amides is 1. The highest BCUT2D eigenvalue weighted by Crippen LogP contribution is 2.42. The van der Waals surface area contributed by atoms with E-state index in [1.807, 2.05) is 6.92 Å². The summed E-state index contributed by atoms with van der Waals surface area (Å²) in [5, 5.41) is 2.68. The van der Waals surface area contributed by atoms with Gasteiger partial charge in [-0.2, -0.15) is 13.2 Å². The normalized spacial score (nSPS) is 13.8. The fourth-order valence-corrected chi connectivity index (χ4v) is 3.88. The van der Waals surface area contributed by atoms with Gasteiger partial charge in [0.2, 0.25) is 0 Å². The van der Waals surface area contributed by atoms with E-state index in [2.05, 4.69) is 12.2 Å². The highest BCUT2D eigenvalue weighted by atomic mass is 19.4. The lowest BCUT2D eigenvalue weighted by molar-refractivity contribution is -0.145. The Morgan fingerprint density at radius 3 is 2.28 bits per heavy atom. The number of alkyl halides is 3. The van der Waals surface area contributed by atoms with Crippen LogP contribution in [0.3, 0.4) is 0 Å². The molecule has 1 rings (SSSR count). The Morgan fingerprint density at radius 2 is 1.69 bits per heavy atom. The molecule has 1 N–H and O–H groups in total. The molecule has 9 heteroatoms. The van der Waals surface area contributed by atoms with Gasteiger partial charge in [-0.3, -0.25) is 0 Å². The van der Waals surface area contributed by atoms with Crippen LogP contribution in [0.2, 0.25) is 0 Å². The molecule has 0 fully saturated rings. The number of hydrogen-bond donors (Lipinski definition) is 1. The van der Waals surface area contributed by atoms with Crippen molar-refractivity contribution in [2.75, 3.05) is 27.1 Å². The Bertz CT molecular complexity index is 780. The fraction of sp³-hybridized carbons (Fsp3) is 0.741. The van der Waals surface area contributed by atoms with E-state index in [1.54, 1.807) is 26.8 Å². The third-order valence-electron chi connectivity index (χ3n) is 5.77. The average molecular weight is 520 g/mol. The van der Waals surface area contributed by atoms with E-state index in [4.69, 9.17) is 18.9 Å². The predicted molar refractivity (Wildman–Crippen MR) is 134 cm³/mol. The Kier molecular flexibility index (Phi) is 13.6. The fourth-order valence-electron chi connectivity index (χ4n) is 3.88. The smallest absolute Gasteiger partial charge is 0.419 e. The molecule has 0 aliphatic heterocycles. The van der Waals surface area contributed by atoms with Crippen molar-refractivity contribution in [2.24, 2.45) is 0 Å². The molecule has 0 aliphatic carbocycles. The van der Waals surface area contributed by atoms with Gasteiger partial charge in [0.15, 0.2) is 0 Å². The number of methoxy groups -OCH3 is 1. The number of benzene rings is 1. The molecule has 1 amide bonds. The van der Waals surface area contributed by atoms with Crippen LogP contribution in [0.5, 0.6) is 5.75 Å². The summed E-state index contributed by atoms with van der Waals surface area (Å²) in [6, 6.07) is 4.12. The second kappa shape index (κ2) is 15.3. The van der Waals surface area contributed by atoms with Crippen molar-refractivity contribution in [3.63, 3.8) is 0 Å². The van der Waals surface area contributed by atoms with Crippen LogP contribution < -0.4 is 10.1 Å². The van der Waals surface area contributed by atoms with Crippen LogP contribution in [0.15, 0.2) is 18.2 Å². The summed E-state index contributed by atoms with van der Waals surface area (Å²) in [6.45, 7) is 9.72. The maximum Gasteiger partial charge on any atom is 0.419 e. The lowest BCUT2D eigenvalue weighted by Gasteiger charge is -2.34. The highest BCUT2D eigenvalue weighted by molar-refractivity contribution is 5.67. The number of hydrogen-bond acceptors (Lipinski definition) is 5. The Morgan fingerprint density at radius 1 is 1.00 bits per heavy atom. The summed E-state index contributed by atoms with van der Waals surface area (Å²) in [5.74, 6) is -0.176. The molecule has 0 aromatic heterocycles. The van der Waals surface area contributed by atoms with Crippen molar-refractivity contribution in [3.05, 3.63) is 29.3 Å². The van der Waals surface area contributed by atoms with Gasteiger partial charge in [0, 0.05) is 13.7 Å². The van der Waals surface area contributed by atoms with Crippen LogP contribution in [0.25, 0.3) is 0 Å². The van der Waals surface area contributed by atoms with Crippen LogP contribution in [0.4, 0.5) is 18.0 Å². The van der Waals surface area contributed by atoms with Crippen molar-refractivity contribution in [1.29, 1.82) is 0 Å². The molecule has 0 saturated heterocycles. The summed E-state index contributed by atoms with van der Waals surface area (Å²) in [7, 11) is 1.46. The summed E-state index contributed by atoms with van der Waals surface area (Å²) in [5.41, 5.74) is -2.07. The second-order valence-corrected chi connectivity index (χ2v) is 9.90. The van der Waals surface area contributed by atoms with E-state index in [0.29, 0.717) is 37.8 Å². The molecule has 0 heterocycles. The van der Waals surface area contributed by atoms with E-state index in [0.717, 1.165) is 31.7 Å². The van der Waals surface area contributed by atoms with E-state index < -0.39 is 29.0 Å². The third-order valence-corrected chi connectivity index (χ3v) is 5.77. The second-order valence-electron chi connectivity index (χ2n) is 9.90. The molecule has 0 spiro atoms. The standard InChI is InChI=1S/C27H44F3NO5/c1-7-9-10-11-12-18-34-23-15-14-21(19-22(23)27(28,29)30)26(8-2,35-20-33-6)16-13-17-31-24(32)36-25(3,4)5/h14-15,19H,7-13,16-18,20H2,1-6H3,(H,31,32). The largest absolute Gasteiger partial charge is 0.493 e. The van der Waals surface area contributed by atoms with Crippen LogP contribution in [-0.4, -0.2) is 38.7 Å². The maximum absolute atomic E-state index is 14.0. The van der Waals surface area contributed by atoms with Crippen molar-refractivity contribution >= 4 is 6.09 Å². The van der Waals surface area contributed by atoms with Gasteiger partial charge < -0.3 is 24.3 Å². The molecule has 6 nitrogen and oxygen atoms in total. The first-order chi connectivity index (χ1) is 16.9. The van der Waals surface area contributed by atoms with Gasteiger partial charge in [0.05, 0.1) is 17.8 Å². The maximum atomic E-state index is 14.0. The van der Waals surface area contributed by atoms with Crippen LogP contribution in [0, 0.1) is 0 Å². The van der Waals surface area contributed by atoms with Gasteiger partial charge in [-0.05, 0) is 64.2 Å². The van der Waals surface area contributed by atoms with Crippen LogP contribution >= 0.6 is 0 Å². The Hall–Kier alpha value is -2.00. The average Bonchev–Trinajstić information content (AvgIpc) is 2.79. The molecular formula is C27H44F3NO5. The van der Waals surface area contributed by atoms with Crippen LogP contribution in [0.1, 0.15) is 97.1 Å². The molecular weight excluding hydrogens is 475 g/mol. The van der Waals surface area contributed by atoms with E-state index in [1.165, 1.54) is 13.2 Å². The van der Waals surface area contributed by atoms with Gasteiger partial charge in [0.25, 0.3) is 0 Å². The minimum atomic E-state index is -4.58. The number of rotatable bonds is 16. The monoisotopic (exact) mass is 519 g/mol. The van der Waals surface area contributed by atoms with Gasteiger partial charge in [-0.15, -0.1) is 0 Å². The first-order valence-corrected chi connectivity index (χ1v) is 12.8. The molecule has 36 heavy (non-hydrogen) atoms. The minimum absolute atomic E-state index is 0.0787. The SMILES string of the molecule is CCCCCCCOc1ccc(C(CC)(CCCNC(=O)OC(C)(C)C)OCOC)cc1C(F)(F)F. The lowest BCUT2D eigenvalue weighted by atomic mass is 9.85. The zero-order valence-corrected chi connectivity index (χ0v) is 22.7. The van der Waals surface area contributed by atoms with Crippen molar-refractivity contribution < 1.29 is 36.9 Å². The number of ether oxygens (including phenoxy) is 4.